The number of halogens is 2. The number of amides is 9. The van der Waals surface area contributed by atoms with Crippen LogP contribution in [-0.2, 0) is 85.1 Å². The molecule has 17 N–H and O–H groups in total. The van der Waals surface area contributed by atoms with Crippen molar-refractivity contribution in [2.45, 2.75) is 150 Å². The Kier molecular flexibility index (Phi) is 26.6. The fraction of sp³-hybridized carbons (Fsp3) is 0.414. The second kappa shape index (κ2) is 35.6. The summed E-state index contributed by atoms with van der Waals surface area (Å²) in [6, 6.07) is 12.2. The molecule has 5 heterocycles. The fourth-order valence-electron chi connectivity index (χ4n) is 12.5. The van der Waals surface area contributed by atoms with Gasteiger partial charge < -0.3 is 78.7 Å². The lowest BCUT2D eigenvalue weighted by atomic mass is 9.95. The van der Waals surface area contributed by atoms with Gasteiger partial charge >= 0.3 is 5.97 Å². The maximum absolute atomic E-state index is 15.3. The Morgan fingerprint density at radius 1 is 0.693 bits per heavy atom. The number of aliphatic hydroxyl groups excluding tert-OH is 1. The lowest BCUT2D eigenvalue weighted by Crippen LogP contribution is -2.64. The minimum atomic E-state index is -2.09. The van der Waals surface area contributed by atoms with E-state index in [1.165, 1.54) is 89.7 Å². The van der Waals surface area contributed by atoms with Crippen molar-refractivity contribution in [3.05, 3.63) is 161 Å². The Balaban J connectivity index is 1.06. The van der Waals surface area contributed by atoms with Gasteiger partial charge in [-0.25, -0.2) is 13.8 Å². The van der Waals surface area contributed by atoms with Gasteiger partial charge in [0.1, 0.15) is 53.6 Å². The van der Waals surface area contributed by atoms with Crippen LogP contribution < -0.4 is 54.0 Å². The van der Waals surface area contributed by atoms with Gasteiger partial charge in [-0.05, 0) is 123 Å². The van der Waals surface area contributed by atoms with Crippen LogP contribution in [-0.4, -0.2) is 179 Å². The molecule has 31 heteroatoms. The van der Waals surface area contributed by atoms with Gasteiger partial charge in [0.05, 0.1) is 31.4 Å². The molecule has 0 spiro atoms. The minimum absolute atomic E-state index is 0.0224. The molecule has 1 unspecified atom stereocenters. The van der Waals surface area contributed by atoms with E-state index in [0.29, 0.717) is 87.3 Å². The normalized spacial score (nSPS) is 23.5. The molecule has 1 saturated heterocycles. The molecule has 2 aliphatic heterocycles. The van der Waals surface area contributed by atoms with Gasteiger partial charge in [-0.15, -0.1) is 0 Å². The van der Waals surface area contributed by atoms with Gasteiger partial charge in [-0.3, -0.25) is 53.3 Å². The standard InChI is InChI=1S/C70H85F2N15O12S2/c1-39-8-5-9-40(22-39)24-57-68(98)87-20-7-18-70(87,2)69(99)86-58(62(74)92)37-101-36-42-11-6-10-41(23-42)35-100-21-17-59(88)80-52(12-3-4-19-73)63(93)78-34-60(89)81-53(25-43-31-76-50-15-13-45(71)27-48(43)50)64(94)82-54(26-44-32-77-51-16-14-46(72)28-49(44)51)65(95)84-56(30-61(90)91)67(97)83-55(66(96)85-57)29-47-33-75-38-79-47/h5-6,8-11,13-16,22-23,27-28,31-33,38,52-58,65,76-77,84,95H,3-4,7,12,17-21,24-26,29-30,34-37,73H2,1-2H3,(H2,74,92)(H,75,79)(H,78,93)(H,80,88)(H,81,89)(H,82,94)(H,83,97)(H,85,96)(H,86,99)(H,90,91)/t52-,53-,54-,55-,56-,57-,58-,65?,70-/m0/s1. The number of aromatic amines is 3. The lowest BCUT2D eigenvalue weighted by molar-refractivity contribution is -0.147. The average molecular weight is 1430 g/mol. The summed E-state index contributed by atoms with van der Waals surface area (Å²) in [7, 11) is 0. The Labute approximate surface area is 589 Å². The SMILES string of the molecule is Cc1cccc(C[C@@H]2NC(=O)[C@H](Cc3cnc[nH]3)NC(=O)[C@H](CC(=O)O)NC(O)[C@H](Cc3c[nH]c4ccc(F)cc34)NC(=O)[C@H](Cc3c[nH]c4ccc(F)cc34)NC(=O)CNC(=O)[C@H](CCCCN)NC(=O)CCSCc3cccc(c3)CSC[C@@H](C(N)=O)NC(=O)[C@]3(C)CCCN3C2=O)c1. The highest BCUT2D eigenvalue weighted by atomic mass is 32.2. The number of H-pyrrole nitrogens is 3. The second-order valence-corrected chi connectivity index (χ2v) is 27.7. The first-order valence-electron chi connectivity index (χ1n) is 33.3. The molecule has 9 amide bonds. The van der Waals surface area contributed by atoms with Gasteiger partial charge in [-0.2, -0.15) is 23.5 Å². The van der Waals surface area contributed by atoms with Crippen LogP contribution in [0.4, 0.5) is 8.78 Å². The summed E-state index contributed by atoms with van der Waals surface area (Å²) in [5, 5.41) is 45.1. The number of aryl methyl sites for hydroxylation is 1. The summed E-state index contributed by atoms with van der Waals surface area (Å²) in [5.41, 5.74) is 15.3. The van der Waals surface area contributed by atoms with Gasteiger partial charge in [-0.1, -0.05) is 54.1 Å². The van der Waals surface area contributed by atoms with Crippen LogP contribution in [0.1, 0.15) is 90.9 Å². The van der Waals surface area contributed by atoms with E-state index >= 15 is 14.4 Å². The first-order chi connectivity index (χ1) is 48.4. The number of carbonyl (C=O) groups excluding carboxylic acids is 9. The van der Waals surface area contributed by atoms with Crippen LogP contribution >= 0.6 is 23.5 Å². The first-order valence-corrected chi connectivity index (χ1v) is 35.6. The molecule has 0 saturated carbocycles. The van der Waals surface area contributed by atoms with Crippen LogP contribution in [0.25, 0.3) is 21.8 Å². The number of primary amides is 1. The molecule has 4 aromatic carbocycles. The molecular weight excluding hydrogens is 1340 g/mol. The van der Waals surface area contributed by atoms with E-state index < -0.39 is 138 Å². The third-order valence-electron chi connectivity index (χ3n) is 17.9. The van der Waals surface area contributed by atoms with Crippen LogP contribution in [0.2, 0.25) is 0 Å². The summed E-state index contributed by atoms with van der Waals surface area (Å²) in [4.78, 5) is 157. The predicted molar refractivity (Wildman–Crippen MR) is 376 cm³/mol. The Hall–Kier alpha value is -9.69. The van der Waals surface area contributed by atoms with Crippen LogP contribution in [0.15, 0.2) is 110 Å². The number of nitrogens with one attached hydrogen (secondary N) is 11. The molecule has 3 aromatic heterocycles. The zero-order valence-corrected chi connectivity index (χ0v) is 57.5. The van der Waals surface area contributed by atoms with E-state index in [1.54, 1.807) is 19.1 Å². The number of nitrogens with zero attached hydrogens (tertiary/aromatic N) is 2. The van der Waals surface area contributed by atoms with Gasteiger partial charge in [0.15, 0.2) is 0 Å². The highest BCUT2D eigenvalue weighted by Crippen LogP contribution is 2.32. The number of rotatable bonds is 15. The quantitative estimate of drug-likeness (QED) is 0.0656. The monoisotopic (exact) mass is 1430 g/mol. The number of nitrogens with two attached hydrogens (primary N) is 2. The van der Waals surface area contributed by atoms with Crippen molar-refractivity contribution in [1.82, 2.24) is 67.4 Å². The van der Waals surface area contributed by atoms with Gasteiger partial charge in [0.2, 0.25) is 53.2 Å². The molecular formula is C70H85F2N15O12S2. The third kappa shape index (κ3) is 21.0. The van der Waals surface area contributed by atoms with Crippen molar-refractivity contribution >= 4 is 104 Å². The van der Waals surface area contributed by atoms with E-state index in [0.717, 1.165) is 16.7 Å². The Bertz CT molecular complexity index is 4120. The Morgan fingerprint density at radius 3 is 2.00 bits per heavy atom. The molecule has 2 aliphatic rings. The fourth-order valence-corrected chi connectivity index (χ4v) is 14.4. The summed E-state index contributed by atoms with van der Waals surface area (Å²) < 4.78 is 29.9. The highest BCUT2D eigenvalue weighted by Gasteiger charge is 2.49. The maximum Gasteiger partial charge on any atom is 0.305 e. The summed E-state index contributed by atoms with van der Waals surface area (Å²) in [6.45, 7) is 3.05. The number of imidazole rings is 1. The molecule has 7 aromatic rings. The van der Waals surface area contributed by atoms with Crippen molar-refractivity contribution in [3.8, 4) is 0 Å². The molecule has 0 aliphatic carbocycles. The maximum atomic E-state index is 15.3. The van der Waals surface area contributed by atoms with E-state index in [1.807, 2.05) is 43.3 Å². The van der Waals surface area contributed by atoms with Crippen LogP contribution in [0, 0.1) is 18.6 Å². The van der Waals surface area contributed by atoms with Crippen molar-refractivity contribution in [1.29, 1.82) is 0 Å². The summed E-state index contributed by atoms with van der Waals surface area (Å²) in [6.07, 6.45) is 3.04. The van der Waals surface area contributed by atoms with E-state index in [2.05, 4.69) is 62.5 Å². The number of carbonyl (C=O) groups is 10. The summed E-state index contributed by atoms with van der Waals surface area (Å²) in [5.74, 6) is -8.77. The number of hydrogen-bond acceptors (Lipinski definition) is 16. The zero-order valence-electron chi connectivity index (χ0n) is 55.8. The smallest absolute Gasteiger partial charge is 0.305 e. The number of carboxylic acids is 1. The molecule has 9 atom stereocenters. The molecule has 101 heavy (non-hydrogen) atoms. The van der Waals surface area contributed by atoms with Crippen LogP contribution in [0.3, 0.4) is 0 Å². The second-order valence-electron chi connectivity index (χ2n) is 25.6. The van der Waals surface area contributed by atoms with Crippen molar-refractivity contribution in [2.24, 2.45) is 11.5 Å². The number of carboxylic acid groups (broad SMARTS) is 1. The zero-order chi connectivity index (χ0) is 72.3. The van der Waals surface area contributed by atoms with Crippen molar-refractivity contribution in [3.63, 3.8) is 0 Å². The van der Waals surface area contributed by atoms with Gasteiger partial charge in [0.25, 0.3) is 0 Å². The third-order valence-corrected chi connectivity index (χ3v) is 20.0. The molecule has 27 nitrogen and oxygen atoms in total. The summed E-state index contributed by atoms with van der Waals surface area (Å²) >= 11 is 2.82. The first kappa shape index (κ1) is 75.5. The predicted octanol–water partition coefficient (Wildman–Crippen LogP) is 2.57. The highest BCUT2D eigenvalue weighted by molar-refractivity contribution is 7.98. The Morgan fingerprint density at radius 2 is 1.34 bits per heavy atom. The number of unbranched alkanes of at least 4 members (excludes halogenated alkanes) is 1. The van der Waals surface area contributed by atoms with E-state index in [4.69, 9.17) is 11.5 Å². The number of aliphatic hydroxyl groups is 1. The van der Waals surface area contributed by atoms with Gasteiger partial charge in [0, 0.05) is 101 Å². The number of thioether (sulfide) groups is 2. The topological polar surface area (TPSA) is 423 Å². The number of aromatic nitrogens is 4. The van der Waals surface area contributed by atoms with Crippen LogP contribution in [0.5, 0.6) is 0 Å². The van der Waals surface area contributed by atoms with E-state index in [9.17, 15) is 52.6 Å². The molecule has 9 rings (SSSR count). The van der Waals surface area contributed by atoms with Crippen molar-refractivity contribution < 1.29 is 66.9 Å². The average Bonchev–Trinajstić information content (AvgIpc) is 1.69. The number of benzene rings is 4. The number of fused-ring (bicyclic) bond motifs is 5. The molecule has 1 fully saturated rings. The minimum Gasteiger partial charge on any atom is -0.481 e. The molecule has 538 valence electrons. The number of aliphatic carboxylic acids is 1. The molecule has 2 bridgehead atoms. The molecule has 0 radical (unpaired) electrons. The largest absolute Gasteiger partial charge is 0.481 e. The number of hydrogen-bond donors (Lipinski definition) is 15. The van der Waals surface area contributed by atoms with Crippen molar-refractivity contribution in [2.75, 3.05) is 31.1 Å². The lowest BCUT2D eigenvalue weighted by Gasteiger charge is -2.37. The van der Waals surface area contributed by atoms with E-state index in [-0.39, 0.29) is 57.2 Å².